The molecular weight excluding hydrogens is 359 g/mol. The van der Waals surface area contributed by atoms with Crippen molar-refractivity contribution in [1.29, 1.82) is 0 Å². The number of alkyl halides is 1. The van der Waals surface area contributed by atoms with Gasteiger partial charge in [0.05, 0.1) is 7.11 Å². The molecule has 1 aromatic carbocycles. The molecule has 3 heterocycles. The molecule has 2 atom stereocenters. The van der Waals surface area contributed by atoms with Crippen LogP contribution in [-0.2, 0) is 0 Å². The second-order valence-electron chi connectivity index (χ2n) is 7.98. The van der Waals surface area contributed by atoms with Crippen molar-refractivity contribution in [2.75, 3.05) is 32.5 Å². The van der Waals surface area contributed by atoms with Crippen LogP contribution in [0.2, 0.25) is 0 Å². The van der Waals surface area contributed by atoms with Crippen LogP contribution in [0, 0.1) is 5.92 Å². The molecule has 0 bridgehead atoms. The minimum atomic E-state index is -0.705. The van der Waals surface area contributed by atoms with Crippen molar-refractivity contribution in [2.45, 2.75) is 37.8 Å². The molecule has 0 spiro atoms. The standard InChI is InChI=1S/C20H25FN6O/c1-28-16-6-2-5-14-17(16)23-20(22)27-19(14)24-18(25-27)13-4-3-9-26(10-13)11-15(21)12-7-8-12/h2,5-6,12-13,15H,3-4,7-11H2,1H3,(H2,22,23). The average molecular weight is 384 g/mol. The molecule has 2 aliphatic rings. The fraction of sp³-hybridized carbons (Fsp3) is 0.550. The number of methoxy groups -OCH3 is 1. The molecule has 2 unspecified atom stereocenters. The van der Waals surface area contributed by atoms with E-state index in [1.807, 2.05) is 18.2 Å². The van der Waals surface area contributed by atoms with Gasteiger partial charge in [0.1, 0.15) is 17.4 Å². The predicted molar refractivity (Wildman–Crippen MR) is 105 cm³/mol. The largest absolute Gasteiger partial charge is 0.494 e. The molecule has 2 aromatic heterocycles. The van der Waals surface area contributed by atoms with E-state index in [1.54, 1.807) is 11.6 Å². The Hall–Kier alpha value is -2.48. The molecule has 28 heavy (non-hydrogen) atoms. The third-order valence-corrected chi connectivity index (χ3v) is 5.96. The Morgan fingerprint density at radius 3 is 2.93 bits per heavy atom. The van der Waals surface area contributed by atoms with Gasteiger partial charge < -0.3 is 10.5 Å². The van der Waals surface area contributed by atoms with E-state index in [0.717, 1.165) is 50.0 Å². The number of nitrogen functional groups attached to an aromatic ring is 1. The average Bonchev–Trinajstić information content (AvgIpc) is 3.46. The smallest absolute Gasteiger partial charge is 0.223 e. The van der Waals surface area contributed by atoms with Gasteiger partial charge in [-0.3, -0.25) is 4.90 Å². The van der Waals surface area contributed by atoms with Gasteiger partial charge in [-0.2, -0.15) is 4.52 Å². The van der Waals surface area contributed by atoms with Crippen LogP contribution in [0.3, 0.4) is 0 Å². The minimum Gasteiger partial charge on any atom is -0.494 e. The molecule has 1 aliphatic carbocycles. The van der Waals surface area contributed by atoms with Crippen LogP contribution in [0.15, 0.2) is 18.2 Å². The monoisotopic (exact) mass is 384 g/mol. The Labute approximate surface area is 162 Å². The highest BCUT2D eigenvalue weighted by Gasteiger charge is 2.34. The summed E-state index contributed by atoms with van der Waals surface area (Å²) in [7, 11) is 1.61. The number of rotatable bonds is 5. The number of hydrogen-bond acceptors (Lipinski definition) is 6. The predicted octanol–water partition coefficient (Wildman–Crippen LogP) is 2.80. The Morgan fingerprint density at radius 2 is 2.14 bits per heavy atom. The van der Waals surface area contributed by atoms with E-state index in [9.17, 15) is 4.39 Å². The lowest BCUT2D eigenvalue weighted by Gasteiger charge is -2.32. The second kappa shape index (κ2) is 6.84. The van der Waals surface area contributed by atoms with Crippen molar-refractivity contribution in [3.05, 3.63) is 24.0 Å². The highest BCUT2D eigenvalue weighted by Crippen LogP contribution is 2.36. The van der Waals surface area contributed by atoms with Gasteiger partial charge >= 0.3 is 0 Å². The molecule has 2 N–H and O–H groups in total. The summed E-state index contributed by atoms with van der Waals surface area (Å²) >= 11 is 0. The lowest BCUT2D eigenvalue weighted by Crippen LogP contribution is -2.39. The molecule has 0 radical (unpaired) electrons. The number of benzene rings is 1. The molecule has 148 valence electrons. The lowest BCUT2D eigenvalue weighted by molar-refractivity contribution is 0.141. The number of halogens is 1. The van der Waals surface area contributed by atoms with Gasteiger partial charge in [0.2, 0.25) is 5.95 Å². The van der Waals surface area contributed by atoms with Crippen LogP contribution in [-0.4, -0.2) is 57.4 Å². The zero-order valence-corrected chi connectivity index (χ0v) is 16.0. The van der Waals surface area contributed by atoms with Crippen molar-refractivity contribution in [3.8, 4) is 5.75 Å². The van der Waals surface area contributed by atoms with Crippen molar-refractivity contribution < 1.29 is 9.13 Å². The summed E-state index contributed by atoms with van der Waals surface area (Å²) in [6, 6.07) is 5.72. The van der Waals surface area contributed by atoms with Crippen molar-refractivity contribution in [1.82, 2.24) is 24.5 Å². The number of para-hydroxylation sites is 1. The lowest BCUT2D eigenvalue weighted by atomic mass is 9.97. The van der Waals surface area contributed by atoms with E-state index in [0.29, 0.717) is 23.5 Å². The van der Waals surface area contributed by atoms with Gasteiger partial charge in [-0.1, -0.05) is 6.07 Å². The molecular formula is C20H25FN6O. The second-order valence-corrected chi connectivity index (χ2v) is 7.98. The fourth-order valence-electron chi connectivity index (χ4n) is 4.27. The van der Waals surface area contributed by atoms with Crippen LogP contribution < -0.4 is 10.5 Å². The zero-order valence-electron chi connectivity index (χ0n) is 16.0. The molecule has 2 fully saturated rings. The van der Waals surface area contributed by atoms with E-state index < -0.39 is 6.17 Å². The maximum absolute atomic E-state index is 14.3. The molecule has 7 nitrogen and oxygen atoms in total. The van der Waals surface area contributed by atoms with Crippen LogP contribution in [0.5, 0.6) is 5.75 Å². The summed E-state index contributed by atoms with van der Waals surface area (Å²) in [5.41, 5.74) is 7.53. The highest BCUT2D eigenvalue weighted by atomic mass is 19.1. The third kappa shape index (κ3) is 3.05. The summed E-state index contributed by atoms with van der Waals surface area (Å²) in [5.74, 6) is 2.17. The first kappa shape index (κ1) is 17.6. The summed E-state index contributed by atoms with van der Waals surface area (Å²) in [6.45, 7) is 2.26. The first-order valence-corrected chi connectivity index (χ1v) is 9.99. The quantitative estimate of drug-likeness (QED) is 0.728. The molecule has 5 rings (SSSR count). The first-order chi connectivity index (χ1) is 13.6. The van der Waals surface area contributed by atoms with E-state index in [4.69, 9.17) is 15.5 Å². The molecule has 8 heteroatoms. The number of likely N-dealkylation sites (tertiary alicyclic amines) is 1. The number of nitrogens with two attached hydrogens (primary N) is 1. The van der Waals surface area contributed by atoms with Crippen molar-refractivity contribution in [2.24, 2.45) is 5.92 Å². The molecule has 1 saturated heterocycles. The molecule has 1 aliphatic heterocycles. The van der Waals surface area contributed by atoms with E-state index in [-0.39, 0.29) is 17.8 Å². The fourth-order valence-corrected chi connectivity index (χ4v) is 4.27. The SMILES string of the molecule is COc1cccc2c1nc(N)n1nc(C3CCCN(CC(F)C4CC4)C3)nc21. The van der Waals surface area contributed by atoms with E-state index in [2.05, 4.69) is 15.0 Å². The van der Waals surface area contributed by atoms with Gasteiger partial charge in [-0.05, 0) is 50.3 Å². The van der Waals surface area contributed by atoms with Crippen LogP contribution in [0.4, 0.5) is 10.3 Å². The normalized spacial score (nSPS) is 22.0. The molecule has 3 aromatic rings. The summed E-state index contributed by atoms with van der Waals surface area (Å²) < 4.78 is 21.3. The Bertz CT molecular complexity index is 1020. The summed E-state index contributed by atoms with van der Waals surface area (Å²) in [4.78, 5) is 11.5. The summed E-state index contributed by atoms with van der Waals surface area (Å²) in [6.07, 6.45) is 3.40. The van der Waals surface area contributed by atoms with Gasteiger partial charge in [0.15, 0.2) is 11.5 Å². The van der Waals surface area contributed by atoms with Gasteiger partial charge in [0.25, 0.3) is 0 Å². The maximum Gasteiger partial charge on any atom is 0.223 e. The Kier molecular flexibility index (Phi) is 4.30. The zero-order chi connectivity index (χ0) is 19.3. The number of anilines is 1. The van der Waals surface area contributed by atoms with E-state index >= 15 is 0 Å². The number of fused-ring (bicyclic) bond motifs is 3. The van der Waals surface area contributed by atoms with Gasteiger partial charge in [-0.15, -0.1) is 5.10 Å². The number of hydrogen-bond donors (Lipinski definition) is 1. The van der Waals surface area contributed by atoms with Crippen molar-refractivity contribution >= 4 is 22.5 Å². The van der Waals surface area contributed by atoms with E-state index in [1.165, 1.54) is 0 Å². The Morgan fingerprint density at radius 1 is 1.29 bits per heavy atom. The van der Waals surface area contributed by atoms with Gasteiger partial charge in [0, 0.05) is 24.4 Å². The van der Waals surface area contributed by atoms with Gasteiger partial charge in [-0.25, -0.2) is 14.4 Å². The topological polar surface area (TPSA) is 81.6 Å². The number of piperidine rings is 1. The van der Waals surface area contributed by atoms with Crippen LogP contribution in [0.25, 0.3) is 16.6 Å². The summed E-state index contributed by atoms with van der Waals surface area (Å²) in [5, 5.41) is 5.52. The number of ether oxygens (including phenoxy) is 1. The number of nitrogens with zero attached hydrogens (tertiary/aromatic N) is 5. The first-order valence-electron chi connectivity index (χ1n) is 9.99. The van der Waals surface area contributed by atoms with Crippen LogP contribution >= 0.6 is 0 Å². The van der Waals surface area contributed by atoms with Crippen molar-refractivity contribution in [3.63, 3.8) is 0 Å². The number of aromatic nitrogens is 4. The highest BCUT2D eigenvalue weighted by molar-refractivity contribution is 5.95. The Balaban J connectivity index is 1.47. The molecule has 0 amide bonds. The molecule has 1 saturated carbocycles. The van der Waals surface area contributed by atoms with Crippen LogP contribution in [0.1, 0.15) is 37.4 Å². The maximum atomic E-state index is 14.3. The third-order valence-electron chi connectivity index (χ3n) is 5.96. The minimum absolute atomic E-state index is 0.181.